The van der Waals surface area contributed by atoms with E-state index in [9.17, 15) is 13.2 Å². The van der Waals surface area contributed by atoms with Gasteiger partial charge in [-0.25, -0.2) is 0 Å². The van der Waals surface area contributed by atoms with Gasteiger partial charge in [-0.2, -0.15) is 0 Å². The summed E-state index contributed by atoms with van der Waals surface area (Å²) in [7, 11) is 0. The van der Waals surface area contributed by atoms with Crippen LogP contribution in [0.2, 0.25) is 5.02 Å². The smallest absolute Gasteiger partial charge is 0.405 e. The van der Waals surface area contributed by atoms with Crippen molar-refractivity contribution in [3.8, 4) is 5.75 Å². The largest absolute Gasteiger partial charge is 0.573 e. The Kier molecular flexibility index (Phi) is 3.23. The third-order valence-electron chi connectivity index (χ3n) is 1.47. The van der Waals surface area contributed by atoms with Crippen LogP contribution in [0.4, 0.5) is 13.2 Å². The lowest BCUT2D eigenvalue weighted by Gasteiger charge is -2.12. The van der Waals surface area contributed by atoms with Crippen LogP contribution in [0.3, 0.4) is 0 Å². The third-order valence-corrected chi connectivity index (χ3v) is 1.70. The summed E-state index contributed by atoms with van der Waals surface area (Å²) in [4.78, 5) is 0. The molecule has 0 atom stereocenters. The number of rotatable bonds is 2. The first-order valence-electron chi connectivity index (χ1n) is 3.66. The maximum atomic E-state index is 11.9. The zero-order chi connectivity index (χ0) is 10.8. The predicted molar refractivity (Wildman–Crippen MR) is 46.0 cm³/mol. The summed E-state index contributed by atoms with van der Waals surface area (Å²) >= 11 is 5.57. The van der Waals surface area contributed by atoms with E-state index < -0.39 is 6.36 Å². The molecule has 2 N–H and O–H groups in total. The number of ether oxygens (including phenoxy) is 1. The van der Waals surface area contributed by atoms with Gasteiger partial charge >= 0.3 is 6.36 Å². The highest BCUT2D eigenvalue weighted by molar-refractivity contribution is 6.30. The first kappa shape index (κ1) is 11.1. The molecular weight excluding hydrogens is 219 g/mol. The molecule has 2 nitrogen and oxygen atoms in total. The Labute approximate surface area is 83.4 Å². The van der Waals surface area contributed by atoms with E-state index in [2.05, 4.69) is 4.74 Å². The summed E-state index contributed by atoms with van der Waals surface area (Å²) in [5.74, 6) is -0.315. The quantitative estimate of drug-likeness (QED) is 0.840. The lowest BCUT2D eigenvalue weighted by Crippen LogP contribution is -2.18. The molecular formula is C8H7ClF3NO. The molecule has 1 rings (SSSR count). The minimum atomic E-state index is -4.71. The summed E-state index contributed by atoms with van der Waals surface area (Å²) in [5.41, 5.74) is 5.45. The standard InChI is InChI=1S/C8H7ClF3NO/c9-6-1-2-7(5(3-6)4-13)14-8(10,11)12/h1-3H,4,13H2. The molecule has 0 heterocycles. The lowest BCUT2D eigenvalue weighted by molar-refractivity contribution is -0.274. The highest BCUT2D eigenvalue weighted by Crippen LogP contribution is 2.28. The van der Waals surface area contributed by atoms with E-state index in [1.807, 2.05) is 0 Å². The van der Waals surface area contributed by atoms with E-state index in [4.69, 9.17) is 17.3 Å². The average molecular weight is 226 g/mol. The van der Waals surface area contributed by atoms with Crippen LogP contribution in [0, 0.1) is 0 Å². The number of hydrogen-bond acceptors (Lipinski definition) is 2. The summed E-state index contributed by atoms with van der Waals surface area (Å²) in [6.07, 6.45) is -4.71. The van der Waals surface area contributed by atoms with Gasteiger partial charge in [-0.05, 0) is 18.2 Å². The fourth-order valence-corrected chi connectivity index (χ4v) is 1.13. The van der Waals surface area contributed by atoms with Crippen molar-refractivity contribution in [2.75, 3.05) is 0 Å². The van der Waals surface area contributed by atoms with Gasteiger partial charge in [0.1, 0.15) is 5.75 Å². The van der Waals surface area contributed by atoms with Crippen LogP contribution >= 0.6 is 11.6 Å². The van der Waals surface area contributed by atoms with Crippen molar-refractivity contribution in [1.29, 1.82) is 0 Å². The summed E-state index contributed by atoms with van der Waals surface area (Å²) in [6.45, 7) is -0.0635. The third kappa shape index (κ3) is 3.08. The minimum Gasteiger partial charge on any atom is -0.405 e. The van der Waals surface area contributed by atoms with E-state index in [0.717, 1.165) is 6.07 Å². The van der Waals surface area contributed by atoms with Gasteiger partial charge in [0.15, 0.2) is 0 Å². The molecule has 0 aliphatic heterocycles. The van der Waals surface area contributed by atoms with Crippen LogP contribution in [0.25, 0.3) is 0 Å². The van der Waals surface area contributed by atoms with Crippen molar-refractivity contribution in [3.63, 3.8) is 0 Å². The van der Waals surface area contributed by atoms with E-state index in [1.165, 1.54) is 12.1 Å². The van der Waals surface area contributed by atoms with Gasteiger partial charge in [-0.3, -0.25) is 0 Å². The summed E-state index contributed by atoms with van der Waals surface area (Å²) < 4.78 is 39.3. The number of nitrogens with two attached hydrogens (primary N) is 1. The molecule has 0 unspecified atom stereocenters. The highest BCUT2D eigenvalue weighted by Gasteiger charge is 2.31. The number of halogens is 4. The van der Waals surface area contributed by atoms with Gasteiger partial charge < -0.3 is 10.5 Å². The average Bonchev–Trinajstić information content (AvgIpc) is 2.06. The van der Waals surface area contributed by atoms with Crippen LogP contribution < -0.4 is 10.5 Å². The van der Waals surface area contributed by atoms with Gasteiger partial charge in [-0.15, -0.1) is 13.2 Å². The van der Waals surface area contributed by atoms with Crippen LogP contribution in [0.15, 0.2) is 18.2 Å². The fraction of sp³-hybridized carbons (Fsp3) is 0.250. The first-order valence-corrected chi connectivity index (χ1v) is 4.04. The number of benzene rings is 1. The Morgan fingerprint density at radius 3 is 2.50 bits per heavy atom. The molecule has 14 heavy (non-hydrogen) atoms. The second kappa shape index (κ2) is 4.06. The normalized spacial score (nSPS) is 11.5. The van der Waals surface area contributed by atoms with Gasteiger partial charge in [0, 0.05) is 17.1 Å². The molecule has 0 aliphatic rings. The Balaban J connectivity index is 2.97. The lowest BCUT2D eigenvalue weighted by atomic mass is 10.2. The monoisotopic (exact) mass is 225 g/mol. The minimum absolute atomic E-state index is 0.0635. The van der Waals surface area contributed by atoms with Crippen molar-refractivity contribution >= 4 is 11.6 Å². The predicted octanol–water partition coefficient (Wildman–Crippen LogP) is 2.70. The number of hydrogen-bond donors (Lipinski definition) is 1. The van der Waals surface area contributed by atoms with Gasteiger partial charge in [0.2, 0.25) is 0 Å². The molecule has 0 fully saturated rings. The van der Waals surface area contributed by atoms with E-state index in [0.29, 0.717) is 5.02 Å². The zero-order valence-electron chi connectivity index (χ0n) is 6.94. The second-order valence-corrected chi connectivity index (χ2v) is 2.94. The molecule has 6 heteroatoms. The van der Waals surface area contributed by atoms with Crippen LogP contribution in [-0.2, 0) is 6.54 Å². The molecule has 0 spiro atoms. The van der Waals surface area contributed by atoms with Crippen LogP contribution in [0.5, 0.6) is 5.75 Å². The number of alkyl halides is 3. The molecule has 0 aliphatic carbocycles. The van der Waals surface area contributed by atoms with Crippen molar-refractivity contribution in [2.24, 2.45) is 5.73 Å². The SMILES string of the molecule is NCc1cc(Cl)ccc1OC(F)(F)F. The fourth-order valence-electron chi connectivity index (χ4n) is 0.932. The van der Waals surface area contributed by atoms with Crippen molar-refractivity contribution in [1.82, 2.24) is 0 Å². The second-order valence-electron chi connectivity index (χ2n) is 2.50. The Morgan fingerprint density at radius 2 is 2.00 bits per heavy atom. The molecule has 78 valence electrons. The molecule has 1 aromatic rings. The van der Waals surface area contributed by atoms with Gasteiger partial charge in [0.05, 0.1) is 0 Å². The highest BCUT2D eigenvalue weighted by atomic mass is 35.5. The topological polar surface area (TPSA) is 35.2 Å². The maximum Gasteiger partial charge on any atom is 0.573 e. The summed E-state index contributed by atoms with van der Waals surface area (Å²) in [5, 5.41) is 0.319. The van der Waals surface area contributed by atoms with Crippen LogP contribution in [-0.4, -0.2) is 6.36 Å². The van der Waals surface area contributed by atoms with E-state index in [1.54, 1.807) is 0 Å². The van der Waals surface area contributed by atoms with Gasteiger partial charge in [-0.1, -0.05) is 11.6 Å². The zero-order valence-corrected chi connectivity index (χ0v) is 7.69. The van der Waals surface area contributed by atoms with E-state index in [-0.39, 0.29) is 17.9 Å². The summed E-state index contributed by atoms with van der Waals surface area (Å²) in [6, 6.07) is 3.78. The molecule has 0 aromatic heterocycles. The molecule has 0 saturated heterocycles. The first-order chi connectivity index (χ1) is 6.42. The molecule has 0 saturated carbocycles. The Hall–Kier alpha value is -0.940. The van der Waals surface area contributed by atoms with Crippen molar-refractivity contribution in [2.45, 2.75) is 12.9 Å². The molecule has 0 amide bonds. The Bertz CT molecular complexity index is 327. The van der Waals surface area contributed by atoms with Crippen molar-refractivity contribution in [3.05, 3.63) is 28.8 Å². The maximum absolute atomic E-state index is 11.9. The molecule has 1 aromatic carbocycles. The van der Waals surface area contributed by atoms with E-state index >= 15 is 0 Å². The van der Waals surface area contributed by atoms with Crippen molar-refractivity contribution < 1.29 is 17.9 Å². The molecule has 0 bridgehead atoms. The van der Waals surface area contributed by atoms with Crippen LogP contribution in [0.1, 0.15) is 5.56 Å². The molecule has 0 radical (unpaired) electrons. The Morgan fingerprint density at radius 1 is 1.36 bits per heavy atom. The van der Waals surface area contributed by atoms with Gasteiger partial charge in [0.25, 0.3) is 0 Å².